The van der Waals surface area contributed by atoms with Crippen molar-refractivity contribution in [3.05, 3.63) is 35.9 Å². The van der Waals surface area contributed by atoms with Crippen LogP contribution in [0.4, 0.5) is 0 Å². The van der Waals surface area contributed by atoms with Crippen molar-refractivity contribution in [3.63, 3.8) is 0 Å². The number of nitrogens with two attached hydrogens (primary N) is 1. The van der Waals surface area contributed by atoms with Crippen LogP contribution < -0.4 is 5.73 Å². The third-order valence-electron chi connectivity index (χ3n) is 4.97. The standard InChI is InChI=1S/C18H26N4O2/c19-18(24)17(15-6-2-1-3-7-15)22-12-10-20(11-13-22)14-16(23)21-8-4-5-9-21/h1-3,6-7,17H,4-5,8-14H2,(H2,19,24)/t17-/m0/s1. The third kappa shape index (κ3) is 3.94. The van der Waals surface area contributed by atoms with Crippen LogP contribution in [0, 0.1) is 0 Å². The van der Waals surface area contributed by atoms with Crippen LogP contribution >= 0.6 is 0 Å². The van der Waals surface area contributed by atoms with Crippen LogP contribution in [0.3, 0.4) is 0 Å². The number of benzene rings is 1. The molecular formula is C18H26N4O2. The van der Waals surface area contributed by atoms with Crippen molar-refractivity contribution in [1.29, 1.82) is 0 Å². The molecule has 2 aliphatic heterocycles. The number of hydrogen-bond donors (Lipinski definition) is 1. The lowest BCUT2D eigenvalue weighted by atomic mass is 10.0. The summed E-state index contributed by atoms with van der Waals surface area (Å²) in [5.74, 6) is -0.0850. The van der Waals surface area contributed by atoms with Crippen molar-refractivity contribution in [2.45, 2.75) is 18.9 Å². The van der Waals surface area contributed by atoms with Crippen molar-refractivity contribution in [1.82, 2.24) is 14.7 Å². The molecule has 1 aromatic carbocycles. The molecule has 2 N–H and O–H groups in total. The summed E-state index contributed by atoms with van der Waals surface area (Å²) in [6.07, 6.45) is 2.24. The van der Waals surface area contributed by atoms with Crippen LogP contribution in [0.25, 0.3) is 0 Å². The second-order valence-electron chi connectivity index (χ2n) is 6.62. The number of piperazine rings is 1. The smallest absolute Gasteiger partial charge is 0.239 e. The summed E-state index contributed by atoms with van der Waals surface area (Å²) in [7, 11) is 0. The monoisotopic (exact) mass is 330 g/mol. The number of rotatable bonds is 5. The summed E-state index contributed by atoms with van der Waals surface area (Å²) < 4.78 is 0. The summed E-state index contributed by atoms with van der Waals surface area (Å²) in [5.41, 5.74) is 6.58. The Morgan fingerprint density at radius 2 is 1.58 bits per heavy atom. The van der Waals surface area contributed by atoms with Gasteiger partial charge in [0.2, 0.25) is 11.8 Å². The van der Waals surface area contributed by atoms with Gasteiger partial charge in [0.1, 0.15) is 6.04 Å². The Balaban J connectivity index is 1.55. The molecule has 2 saturated heterocycles. The van der Waals surface area contributed by atoms with E-state index in [1.165, 1.54) is 0 Å². The van der Waals surface area contributed by atoms with E-state index >= 15 is 0 Å². The molecule has 2 amide bonds. The number of carbonyl (C=O) groups excluding carboxylic acids is 2. The lowest BCUT2D eigenvalue weighted by molar-refractivity contribution is -0.132. The van der Waals surface area contributed by atoms with Gasteiger partial charge < -0.3 is 10.6 Å². The maximum atomic E-state index is 12.3. The average Bonchev–Trinajstić information content (AvgIpc) is 3.12. The van der Waals surface area contributed by atoms with Gasteiger partial charge in [0.15, 0.2) is 0 Å². The van der Waals surface area contributed by atoms with E-state index in [1.54, 1.807) is 0 Å². The fraction of sp³-hybridized carbons (Fsp3) is 0.556. The van der Waals surface area contributed by atoms with Crippen molar-refractivity contribution < 1.29 is 9.59 Å². The van der Waals surface area contributed by atoms with E-state index in [0.29, 0.717) is 6.54 Å². The molecule has 6 heteroatoms. The van der Waals surface area contributed by atoms with Gasteiger partial charge in [0.25, 0.3) is 0 Å². The Morgan fingerprint density at radius 3 is 2.17 bits per heavy atom. The molecule has 0 spiro atoms. The summed E-state index contributed by atoms with van der Waals surface area (Å²) in [6, 6.07) is 9.29. The van der Waals surface area contributed by atoms with Crippen molar-refractivity contribution >= 4 is 11.8 Å². The van der Waals surface area contributed by atoms with Gasteiger partial charge in [-0.3, -0.25) is 19.4 Å². The van der Waals surface area contributed by atoms with Gasteiger partial charge in [-0.05, 0) is 18.4 Å². The number of carbonyl (C=O) groups is 2. The molecule has 0 aromatic heterocycles. The predicted octanol–water partition coefficient (Wildman–Crippen LogP) is 0.453. The lowest BCUT2D eigenvalue weighted by Crippen LogP contribution is -2.52. The van der Waals surface area contributed by atoms with E-state index in [0.717, 1.165) is 57.7 Å². The number of likely N-dealkylation sites (tertiary alicyclic amines) is 1. The van der Waals surface area contributed by atoms with E-state index < -0.39 is 0 Å². The summed E-state index contributed by atoms with van der Waals surface area (Å²) >= 11 is 0. The zero-order valence-electron chi connectivity index (χ0n) is 14.1. The second-order valence-corrected chi connectivity index (χ2v) is 6.62. The van der Waals surface area contributed by atoms with Crippen LogP contribution in [0.2, 0.25) is 0 Å². The van der Waals surface area contributed by atoms with E-state index in [2.05, 4.69) is 9.80 Å². The minimum Gasteiger partial charge on any atom is -0.368 e. The van der Waals surface area contributed by atoms with E-state index in [-0.39, 0.29) is 17.9 Å². The molecule has 1 aromatic rings. The van der Waals surface area contributed by atoms with Gasteiger partial charge >= 0.3 is 0 Å². The van der Waals surface area contributed by atoms with Crippen LogP contribution in [-0.2, 0) is 9.59 Å². The molecule has 0 unspecified atom stereocenters. The Hall–Kier alpha value is -1.92. The summed E-state index contributed by atoms with van der Waals surface area (Å²) in [4.78, 5) is 30.5. The van der Waals surface area contributed by atoms with Crippen molar-refractivity contribution in [2.75, 3.05) is 45.8 Å². The predicted molar refractivity (Wildman–Crippen MR) is 92.2 cm³/mol. The van der Waals surface area contributed by atoms with Crippen molar-refractivity contribution in [3.8, 4) is 0 Å². The number of amides is 2. The van der Waals surface area contributed by atoms with Crippen LogP contribution in [0.15, 0.2) is 30.3 Å². The maximum Gasteiger partial charge on any atom is 0.239 e. The molecule has 24 heavy (non-hydrogen) atoms. The molecule has 3 rings (SSSR count). The Bertz CT molecular complexity index is 564. The molecule has 2 fully saturated rings. The number of hydrogen-bond acceptors (Lipinski definition) is 4. The zero-order chi connectivity index (χ0) is 16.9. The lowest BCUT2D eigenvalue weighted by Gasteiger charge is -2.38. The zero-order valence-corrected chi connectivity index (χ0v) is 14.1. The highest BCUT2D eigenvalue weighted by Gasteiger charge is 2.30. The van der Waals surface area contributed by atoms with E-state index in [9.17, 15) is 9.59 Å². The van der Waals surface area contributed by atoms with Gasteiger partial charge in [0.05, 0.1) is 6.54 Å². The van der Waals surface area contributed by atoms with Crippen LogP contribution in [-0.4, -0.2) is 72.3 Å². The molecule has 2 aliphatic rings. The quantitative estimate of drug-likeness (QED) is 0.851. The first-order valence-electron chi connectivity index (χ1n) is 8.73. The van der Waals surface area contributed by atoms with Crippen LogP contribution in [0.5, 0.6) is 0 Å². The number of primary amides is 1. The topological polar surface area (TPSA) is 69.9 Å². The highest BCUT2D eigenvalue weighted by molar-refractivity contribution is 5.81. The molecule has 0 aliphatic carbocycles. The van der Waals surface area contributed by atoms with E-state index in [1.807, 2.05) is 35.2 Å². The normalized spacial score (nSPS) is 20.9. The van der Waals surface area contributed by atoms with Gasteiger partial charge in [0, 0.05) is 39.3 Å². The fourth-order valence-electron chi connectivity index (χ4n) is 3.63. The molecule has 130 valence electrons. The molecule has 0 bridgehead atoms. The number of nitrogens with zero attached hydrogens (tertiary/aromatic N) is 3. The second kappa shape index (κ2) is 7.77. The fourth-order valence-corrected chi connectivity index (χ4v) is 3.63. The maximum absolute atomic E-state index is 12.3. The van der Waals surface area contributed by atoms with Gasteiger partial charge in [-0.2, -0.15) is 0 Å². The minimum atomic E-state index is -0.386. The first-order chi connectivity index (χ1) is 11.6. The van der Waals surface area contributed by atoms with Gasteiger partial charge in [-0.15, -0.1) is 0 Å². The highest BCUT2D eigenvalue weighted by atomic mass is 16.2. The average molecular weight is 330 g/mol. The molecule has 6 nitrogen and oxygen atoms in total. The highest BCUT2D eigenvalue weighted by Crippen LogP contribution is 2.22. The van der Waals surface area contributed by atoms with Gasteiger partial charge in [-0.25, -0.2) is 0 Å². The Labute approximate surface area is 143 Å². The molecule has 1 atom stereocenters. The first kappa shape index (κ1) is 16.9. The summed E-state index contributed by atoms with van der Waals surface area (Å²) in [5, 5.41) is 0. The van der Waals surface area contributed by atoms with Gasteiger partial charge in [-0.1, -0.05) is 30.3 Å². The largest absolute Gasteiger partial charge is 0.368 e. The van der Waals surface area contributed by atoms with Crippen molar-refractivity contribution in [2.24, 2.45) is 5.73 Å². The first-order valence-corrected chi connectivity index (χ1v) is 8.73. The summed E-state index contributed by atoms with van der Waals surface area (Å²) in [6.45, 7) is 5.35. The molecule has 0 saturated carbocycles. The molecule has 0 radical (unpaired) electrons. The third-order valence-corrected chi connectivity index (χ3v) is 4.97. The molecule has 2 heterocycles. The molecular weight excluding hydrogens is 304 g/mol. The SMILES string of the molecule is NC(=O)[C@H](c1ccccc1)N1CCN(CC(=O)N2CCCC2)CC1. The Kier molecular flexibility index (Phi) is 5.48. The minimum absolute atomic E-state index is 0.232. The van der Waals surface area contributed by atoms with E-state index in [4.69, 9.17) is 5.73 Å². The van der Waals surface area contributed by atoms with Crippen LogP contribution in [0.1, 0.15) is 24.4 Å². The Morgan fingerprint density at radius 1 is 0.958 bits per heavy atom.